The molecule has 0 unspecified atom stereocenters. The number of pyridine rings is 1. The van der Waals surface area contributed by atoms with Gasteiger partial charge in [-0.25, -0.2) is 0 Å². The molecule has 3 aromatic rings. The van der Waals surface area contributed by atoms with Gasteiger partial charge in [-0.1, -0.05) is 35.9 Å². The Morgan fingerprint density at radius 2 is 1.90 bits per heavy atom. The number of fused-ring (bicyclic) bond motifs is 1. The maximum Gasteiger partial charge on any atom is 0.153 e. The standard InChI is InChI=1S/C17H14ClNO2/c1-11(20)13-7-8-15(14(18)10-13)21-16-6-2-4-12-5-3-9-19-17(12)16/h2-11,20H,1H3/t11-/m0/s1. The van der Waals surface area contributed by atoms with E-state index in [0.29, 0.717) is 16.5 Å². The normalized spacial score (nSPS) is 12.3. The molecule has 1 heterocycles. The highest BCUT2D eigenvalue weighted by Gasteiger charge is 2.09. The molecule has 1 N–H and O–H groups in total. The van der Waals surface area contributed by atoms with Crippen molar-refractivity contribution in [1.29, 1.82) is 0 Å². The third-order valence-corrected chi connectivity index (χ3v) is 3.55. The predicted molar refractivity (Wildman–Crippen MR) is 83.9 cm³/mol. The van der Waals surface area contributed by atoms with Gasteiger partial charge in [-0.15, -0.1) is 0 Å². The molecule has 0 spiro atoms. The summed E-state index contributed by atoms with van der Waals surface area (Å²) in [6.45, 7) is 1.70. The number of hydrogen-bond donors (Lipinski definition) is 1. The number of aromatic nitrogens is 1. The summed E-state index contributed by atoms with van der Waals surface area (Å²) in [5.74, 6) is 1.19. The topological polar surface area (TPSA) is 42.4 Å². The molecular weight excluding hydrogens is 286 g/mol. The Kier molecular flexibility index (Phi) is 3.78. The van der Waals surface area contributed by atoms with E-state index in [-0.39, 0.29) is 0 Å². The van der Waals surface area contributed by atoms with Crippen LogP contribution in [0.4, 0.5) is 0 Å². The number of ether oxygens (including phenoxy) is 1. The average Bonchev–Trinajstić information content (AvgIpc) is 2.49. The number of hydrogen-bond acceptors (Lipinski definition) is 3. The first-order chi connectivity index (χ1) is 10.1. The van der Waals surface area contributed by atoms with Crippen molar-refractivity contribution < 1.29 is 9.84 Å². The van der Waals surface area contributed by atoms with Crippen LogP contribution in [0.25, 0.3) is 10.9 Å². The van der Waals surface area contributed by atoms with Crippen LogP contribution in [0.2, 0.25) is 5.02 Å². The van der Waals surface area contributed by atoms with Crippen molar-refractivity contribution in [2.45, 2.75) is 13.0 Å². The Balaban J connectivity index is 1.99. The summed E-state index contributed by atoms with van der Waals surface area (Å²) in [6.07, 6.45) is 1.17. The van der Waals surface area contributed by atoms with Crippen LogP contribution in [-0.4, -0.2) is 10.1 Å². The van der Waals surface area contributed by atoms with Crippen molar-refractivity contribution in [1.82, 2.24) is 4.98 Å². The number of nitrogens with zero attached hydrogens (tertiary/aromatic N) is 1. The fourth-order valence-corrected chi connectivity index (χ4v) is 2.36. The van der Waals surface area contributed by atoms with Crippen molar-refractivity contribution in [2.75, 3.05) is 0 Å². The van der Waals surface area contributed by atoms with Gasteiger partial charge in [0, 0.05) is 11.6 Å². The maximum absolute atomic E-state index is 9.56. The molecule has 0 aliphatic heterocycles. The van der Waals surface area contributed by atoms with E-state index >= 15 is 0 Å². The van der Waals surface area contributed by atoms with Gasteiger partial charge in [-0.05, 0) is 36.8 Å². The molecule has 0 amide bonds. The fraction of sp³-hybridized carbons (Fsp3) is 0.118. The lowest BCUT2D eigenvalue weighted by Gasteiger charge is -2.11. The summed E-state index contributed by atoms with van der Waals surface area (Å²) < 4.78 is 5.88. The summed E-state index contributed by atoms with van der Waals surface area (Å²) in [5.41, 5.74) is 1.54. The zero-order chi connectivity index (χ0) is 14.8. The molecule has 1 atom stereocenters. The molecule has 4 heteroatoms. The number of halogens is 1. The molecule has 0 saturated carbocycles. The number of rotatable bonds is 3. The van der Waals surface area contributed by atoms with Crippen molar-refractivity contribution in [3.8, 4) is 11.5 Å². The first kappa shape index (κ1) is 13.9. The summed E-state index contributed by atoms with van der Waals surface area (Å²) in [7, 11) is 0. The Morgan fingerprint density at radius 3 is 2.67 bits per heavy atom. The van der Waals surface area contributed by atoms with Crippen LogP contribution in [0.3, 0.4) is 0 Å². The first-order valence-corrected chi connectivity index (χ1v) is 7.02. The van der Waals surface area contributed by atoms with E-state index in [2.05, 4.69) is 4.98 Å². The molecule has 0 aliphatic carbocycles. The predicted octanol–water partition coefficient (Wildman–Crippen LogP) is 4.73. The highest BCUT2D eigenvalue weighted by atomic mass is 35.5. The summed E-state index contributed by atoms with van der Waals surface area (Å²) in [6, 6.07) is 14.9. The van der Waals surface area contributed by atoms with E-state index < -0.39 is 6.10 Å². The van der Waals surface area contributed by atoms with Crippen molar-refractivity contribution in [3.05, 3.63) is 65.3 Å². The lowest BCUT2D eigenvalue weighted by Crippen LogP contribution is -1.93. The molecule has 3 nitrogen and oxygen atoms in total. The second-order valence-corrected chi connectivity index (χ2v) is 5.21. The average molecular weight is 300 g/mol. The van der Waals surface area contributed by atoms with Crippen molar-refractivity contribution in [3.63, 3.8) is 0 Å². The smallest absolute Gasteiger partial charge is 0.153 e. The molecular formula is C17H14ClNO2. The van der Waals surface area contributed by atoms with E-state index in [0.717, 1.165) is 16.5 Å². The van der Waals surface area contributed by atoms with E-state index in [1.807, 2.05) is 30.3 Å². The molecule has 0 saturated heterocycles. The summed E-state index contributed by atoms with van der Waals surface area (Å²) in [5, 5.41) is 11.0. The highest BCUT2D eigenvalue weighted by molar-refractivity contribution is 6.32. The molecule has 0 aliphatic rings. The van der Waals surface area contributed by atoms with Gasteiger partial charge < -0.3 is 9.84 Å². The Labute approximate surface area is 127 Å². The van der Waals surface area contributed by atoms with Crippen molar-refractivity contribution in [2.24, 2.45) is 0 Å². The molecule has 21 heavy (non-hydrogen) atoms. The zero-order valence-electron chi connectivity index (χ0n) is 11.5. The fourth-order valence-electron chi connectivity index (χ4n) is 2.14. The zero-order valence-corrected chi connectivity index (χ0v) is 12.2. The number of aliphatic hydroxyl groups is 1. The second-order valence-electron chi connectivity index (χ2n) is 4.80. The van der Waals surface area contributed by atoms with Gasteiger partial charge in [-0.3, -0.25) is 4.98 Å². The molecule has 0 radical (unpaired) electrons. The third-order valence-electron chi connectivity index (χ3n) is 3.25. The van der Waals surface area contributed by atoms with Gasteiger partial charge in [0.1, 0.15) is 11.3 Å². The van der Waals surface area contributed by atoms with Crippen LogP contribution in [0.5, 0.6) is 11.5 Å². The minimum absolute atomic E-state index is 0.460. The molecule has 0 fully saturated rings. The van der Waals surface area contributed by atoms with Gasteiger partial charge >= 0.3 is 0 Å². The first-order valence-electron chi connectivity index (χ1n) is 6.64. The quantitative estimate of drug-likeness (QED) is 0.760. The number of benzene rings is 2. The van der Waals surface area contributed by atoms with Crippen LogP contribution in [-0.2, 0) is 0 Å². The van der Waals surface area contributed by atoms with E-state index in [1.54, 1.807) is 31.3 Å². The Morgan fingerprint density at radius 1 is 1.10 bits per heavy atom. The molecule has 0 bridgehead atoms. The lowest BCUT2D eigenvalue weighted by molar-refractivity contribution is 0.199. The van der Waals surface area contributed by atoms with Gasteiger partial charge in [0.15, 0.2) is 5.75 Å². The minimum atomic E-state index is -0.559. The highest BCUT2D eigenvalue weighted by Crippen LogP contribution is 2.34. The van der Waals surface area contributed by atoms with E-state index in [1.165, 1.54) is 0 Å². The van der Waals surface area contributed by atoms with Crippen LogP contribution in [0.15, 0.2) is 54.7 Å². The van der Waals surface area contributed by atoms with Crippen LogP contribution < -0.4 is 4.74 Å². The summed E-state index contributed by atoms with van der Waals surface area (Å²) in [4.78, 5) is 4.34. The third kappa shape index (κ3) is 2.84. The van der Waals surface area contributed by atoms with Gasteiger partial charge in [0.05, 0.1) is 11.1 Å². The van der Waals surface area contributed by atoms with Gasteiger partial charge in [0.25, 0.3) is 0 Å². The Hall–Kier alpha value is -2.10. The number of para-hydroxylation sites is 1. The molecule has 106 valence electrons. The lowest BCUT2D eigenvalue weighted by atomic mass is 10.1. The van der Waals surface area contributed by atoms with Gasteiger partial charge in [-0.2, -0.15) is 0 Å². The Bertz CT molecular complexity index is 781. The van der Waals surface area contributed by atoms with Crippen LogP contribution in [0, 0.1) is 0 Å². The minimum Gasteiger partial charge on any atom is -0.454 e. The van der Waals surface area contributed by atoms with Gasteiger partial charge in [0.2, 0.25) is 0 Å². The monoisotopic (exact) mass is 299 g/mol. The SMILES string of the molecule is C[C@H](O)c1ccc(Oc2cccc3cccnc23)c(Cl)c1. The molecule has 3 rings (SSSR count). The van der Waals surface area contributed by atoms with Crippen LogP contribution in [0.1, 0.15) is 18.6 Å². The molecule has 1 aromatic heterocycles. The summed E-state index contributed by atoms with van der Waals surface area (Å²) >= 11 is 6.22. The number of aliphatic hydroxyl groups excluding tert-OH is 1. The largest absolute Gasteiger partial charge is 0.454 e. The van der Waals surface area contributed by atoms with Crippen molar-refractivity contribution >= 4 is 22.5 Å². The van der Waals surface area contributed by atoms with Crippen LogP contribution >= 0.6 is 11.6 Å². The second kappa shape index (κ2) is 5.72. The van der Waals surface area contributed by atoms with E-state index in [4.69, 9.17) is 16.3 Å². The van der Waals surface area contributed by atoms with E-state index in [9.17, 15) is 5.11 Å². The maximum atomic E-state index is 9.56. The molecule has 2 aromatic carbocycles.